The Morgan fingerprint density at radius 2 is 0.786 bits per heavy atom. The van der Waals surface area contributed by atoms with E-state index in [1.54, 1.807) is 36.4 Å². The molecule has 14 heteroatoms. The van der Waals surface area contributed by atoms with Gasteiger partial charge in [-0.05, 0) is 12.1 Å². The Bertz CT molecular complexity index is 545. The first-order valence-electron chi connectivity index (χ1n) is 5.84. The molecule has 2 aromatic carbocycles. The molecule has 0 aliphatic heterocycles. The second-order valence-corrected chi connectivity index (χ2v) is 6.20. The summed E-state index contributed by atoms with van der Waals surface area (Å²) in [7, 11) is 2.67. The molecule has 0 unspecified atom stereocenters. The zero-order chi connectivity index (χ0) is 14.5. The van der Waals surface area contributed by atoms with Crippen molar-refractivity contribution in [1.29, 1.82) is 0 Å². The summed E-state index contributed by atoms with van der Waals surface area (Å²) in [6.07, 6.45) is -3.06. The van der Waals surface area contributed by atoms with E-state index in [2.05, 4.69) is 0 Å². The van der Waals surface area contributed by atoms with Gasteiger partial charge in [-0.2, -0.15) is 0 Å². The van der Waals surface area contributed by atoms with E-state index < -0.39 is 12.6 Å². The third kappa shape index (κ3) is 14.3. The van der Waals surface area contributed by atoms with Gasteiger partial charge in [0.25, 0.3) is 0 Å². The molecular weight excluding hydrogens is 622 g/mol. The minimum Gasteiger partial charge on any atom is -0.457 e. The number of aliphatic hydroxyl groups excluding tert-OH is 2. The van der Waals surface area contributed by atoms with Gasteiger partial charge in [0.15, 0.2) is 12.6 Å². The van der Waals surface area contributed by atoms with Gasteiger partial charge in [-0.15, -0.1) is 0 Å². The van der Waals surface area contributed by atoms with Crippen LogP contribution >= 0.6 is 21.6 Å². The third-order valence-corrected chi connectivity index (χ3v) is 5.13. The number of benzene rings is 2. The smallest absolute Gasteiger partial charge is 0.179 e. The van der Waals surface area contributed by atoms with Gasteiger partial charge in [-0.1, -0.05) is 58.0 Å². The Morgan fingerprint density at radius 1 is 0.536 bits per heavy atom. The van der Waals surface area contributed by atoms with Crippen LogP contribution in [-0.2, 0) is 83.4 Å². The van der Waals surface area contributed by atoms with Crippen molar-refractivity contribution in [3.8, 4) is 0 Å². The second kappa shape index (κ2) is 24.6. The molecule has 28 heavy (non-hydrogen) atoms. The molecule has 0 saturated carbocycles. The Morgan fingerprint density at radius 3 is 1.04 bits per heavy atom. The minimum atomic E-state index is -1.53. The van der Waals surface area contributed by atoms with E-state index in [-0.39, 0.29) is 99.8 Å². The maximum Gasteiger partial charge on any atom is 0.179 e. The van der Waals surface area contributed by atoms with Crippen LogP contribution in [0, 0.1) is 0 Å². The Labute approximate surface area is 221 Å². The van der Waals surface area contributed by atoms with Crippen LogP contribution in [0.25, 0.3) is 0 Å². The summed E-state index contributed by atoms with van der Waals surface area (Å²) in [5.74, 6) is 0. The number of hydrogen-bond acceptors (Lipinski definition) is 6. The monoisotopic (exact) mass is 639 g/mol. The molecule has 0 bridgehead atoms. The molecule has 0 fully saturated rings. The van der Waals surface area contributed by atoms with Crippen molar-refractivity contribution in [3.05, 3.63) is 59.7 Å². The molecular formula is C14H23O8S2Zn4+. The summed E-state index contributed by atoms with van der Waals surface area (Å²) in [4.78, 5) is 1.43. The quantitative estimate of drug-likeness (QED) is 0.139. The number of rotatable bonds is 5. The van der Waals surface area contributed by atoms with Gasteiger partial charge in [0.1, 0.15) is 0 Å². The van der Waals surface area contributed by atoms with Gasteiger partial charge in [0.05, 0.1) is 0 Å². The molecule has 0 saturated heterocycles. The maximum atomic E-state index is 9.30. The number of aliphatic hydroxyl groups is 4. The summed E-state index contributed by atoms with van der Waals surface area (Å²) >= 11 is 0. The first kappa shape index (κ1) is 47.2. The van der Waals surface area contributed by atoms with Crippen molar-refractivity contribution in [2.75, 3.05) is 0 Å². The van der Waals surface area contributed by atoms with E-state index in [1.165, 1.54) is 21.6 Å². The molecule has 2 rings (SSSR count). The van der Waals surface area contributed by atoms with Crippen molar-refractivity contribution in [3.63, 3.8) is 0 Å². The van der Waals surface area contributed by atoms with Crippen molar-refractivity contribution >= 4 is 21.6 Å². The first-order valence-corrected chi connectivity index (χ1v) is 7.99. The predicted molar refractivity (Wildman–Crippen MR) is 94.7 cm³/mol. The fourth-order valence-electron chi connectivity index (χ4n) is 1.63. The fraction of sp³-hybridized carbons (Fsp3) is 0.143. The van der Waals surface area contributed by atoms with Crippen LogP contribution in [0.2, 0.25) is 0 Å². The van der Waals surface area contributed by atoms with Gasteiger partial charge in [-0.3, -0.25) is 0 Å². The van der Waals surface area contributed by atoms with Crippen molar-refractivity contribution in [2.24, 2.45) is 0 Å². The molecule has 146 valence electrons. The molecule has 8 nitrogen and oxygen atoms in total. The molecule has 0 aromatic heterocycles. The summed E-state index contributed by atoms with van der Waals surface area (Å²) in [6.45, 7) is 0. The molecule has 0 heterocycles. The maximum absolute atomic E-state index is 9.30. The van der Waals surface area contributed by atoms with Gasteiger partial charge in [0, 0.05) is 98.8 Å². The summed E-state index contributed by atoms with van der Waals surface area (Å²) in [5, 5.41) is 37.2. The average molecular weight is 645 g/mol. The van der Waals surface area contributed by atoms with Gasteiger partial charge in [-0.25, -0.2) is 0 Å². The van der Waals surface area contributed by atoms with Gasteiger partial charge >= 0.3 is 0 Å². The van der Waals surface area contributed by atoms with Crippen LogP contribution in [0.3, 0.4) is 0 Å². The van der Waals surface area contributed by atoms with E-state index in [9.17, 15) is 20.4 Å². The third-order valence-electron chi connectivity index (χ3n) is 2.62. The van der Waals surface area contributed by atoms with E-state index >= 15 is 0 Å². The van der Waals surface area contributed by atoms with Crippen LogP contribution < -0.4 is 0 Å². The van der Waals surface area contributed by atoms with Crippen molar-refractivity contribution < 1.29 is 120 Å². The largest absolute Gasteiger partial charge is 0.457 e. The summed E-state index contributed by atoms with van der Waals surface area (Å²) in [5.41, 5.74) is 0.846. The summed E-state index contributed by atoms with van der Waals surface area (Å²) in [6, 6.07) is 13.9. The SMILES string of the molecule is O.O.O.OC(O)c1ccccc1SSc1ccccc1C(O)O.[OH3+].[Zn].[Zn].[Zn].[Zn]. The van der Waals surface area contributed by atoms with Crippen molar-refractivity contribution in [1.82, 2.24) is 0 Å². The van der Waals surface area contributed by atoms with Gasteiger partial charge < -0.3 is 42.3 Å². The van der Waals surface area contributed by atoms with E-state index in [0.29, 0.717) is 11.1 Å². The zero-order valence-electron chi connectivity index (χ0n) is 15.3. The van der Waals surface area contributed by atoms with Crippen LogP contribution in [-0.4, -0.2) is 36.9 Å². The molecule has 0 aliphatic rings. The van der Waals surface area contributed by atoms with Gasteiger partial charge in [0.2, 0.25) is 0 Å². The molecule has 13 N–H and O–H groups in total. The standard InChI is InChI=1S/C14H14O4S2.4H2O.4Zn/c15-13(16)9-5-1-3-7-11(9)19-20-12-8-4-2-6-10(12)14(17)18;;;;;;;;/h1-8,13-18H;4*1H2;;;;/p+1. The molecule has 0 aliphatic carbocycles. The van der Waals surface area contributed by atoms with E-state index in [1.807, 2.05) is 12.1 Å². The fourth-order valence-corrected chi connectivity index (χ4v) is 4.07. The normalized spacial score (nSPS) is 8.07. The molecule has 2 aromatic rings. The number of hydrogen-bond donors (Lipinski definition) is 4. The van der Waals surface area contributed by atoms with Crippen LogP contribution in [0.15, 0.2) is 58.3 Å². The summed E-state index contributed by atoms with van der Waals surface area (Å²) < 4.78 is 0. The van der Waals surface area contributed by atoms with Crippen LogP contribution in [0.5, 0.6) is 0 Å². The average Bonchev–Trinajstić information content (AvgIpc) is 2.45. The molecule has 0 atom stereocenters. The Hall–Kier alpha value is 1.31. The first-order chi connectivity index (χ1) is 9.59. The topological polar surface area (TPSA) is 208 Å². The molecule has 0 radical (unpaired) electrons. The van der Waals surface area contributed by atoms with E-state index in [4.69, 9.17) is 0 Å². The van der Waals surface area contributed by atoms with Crippen LogP contribution in [0.1, 0.15) is 23.7 Å². The Balaban J connectivity index is -0.000000110. The van der Waals surface area contributed by atoms with Crippen LogP contribution in [0.4, 0.5) is 0 Å². The second-order valence-electron chi connectivity index (χ2n) is 3.99. The van der Waals surface area contributed by atoms with E-state index in [0.717, 1.165) is 9.79 Å². The minimum absolute atomic E-state index is 0. The van der Waals surface area contributed by atoms with Crippen molar-refractivity contribution in [2.45, 2.75) is 22.4 Å². The predicted octanol–water partition coefficient (Wildman–Crippen LogP) is -0.954. The Kier molecular flexibility index (Phi) is 41.4. The molecule has 0 amide bonds. The molecule has 0 spiro atoms. The zero-order valence-corrected chi connectivity index (χ0v) is 28.8.